The van der Waals surface area contributed by atoms with Crippen LogP contribution in [0.4, 0.5) is 10.1 Å². The van der Waals surface area contributed by atoms with Gasteiger partial charge in [0.05, 0.1) is 4.92 Å². The molecule has 1 atom stereocenters. The van der Waals surface area contributed by atoms with Crippen molar-refractivity contribution < 1.29 is 14.1 Å². The van der Waals surface area contributed by atoms with Crippen LogP contribution in [0.2, 0.25) is 0 Å². The lowest BCUT2D eigenvalue weighted by molar-refractivity contribution is -0.384. The van der Waals surface area contributed by atoms with E-state index >= 15 is 0 Å². The SMILES string of the molecule is O=C(NCCc1ccc([N+](=O)[O-])cc1)C(F)Cl. The summed E-state index contributed by atoms with van der Waals surface area (Å²) < 4.78 is 12.2. The summed E-state index contributed by atoms with van der Waals surface area (Å²) in [5, 5.41) is 12.7. The Hall–Kier alpha value is -1.69. The van der Waals surface area contributed by atoms with Gasteiger partial charge in [-0.1, -0.05) is 23.7 Å². The number of nitrogens with one attached hydrogen (secondary N) is 1. The number of alkyl halides is 2. The summed E-state index contributed by atoms with van der Waals surface area (Å²) in [5.74, 6) is -0.881. The molecule has 1 aromatic rings. The van der Waals surface area contributed by atoms with Gasteiger partial charge in [-0.15, -0.1) is 0 Å². The number of nitro benzene ring substituents is 1. The normalized spacial score (nSPS) is 11.9. The van der Waals surface area contributed by atoms with Crippen LogP contribution in [0.3, 0.4) is 0 Å². The van der Waals surface area contributed by atoms with Crippen molar-refractivity contribution in [1.82, 2.24) is 5.32 Å². The smallest absolute Gasteiger partial charge is 0.270 e. The van der Waals surface area contributed by atoms with Crippen molar-refractivity contribution in [2.24, 2.45) is 0 Å². The number of carbonyl (C=O) groups excluding carboxylic acids is 1. The Kier molecular flexibility index (Phi) is 4.84. The standard InChI is InChI=1S/C10H10ClFN2O3/c11-9(12)10(15)13-6-5-7-1-3-8(4-2-7)14(16)17/h1-4,9H,5-6H2,(H,13,15). The van der Waals surface area contributed by atoms with E-state index in [0.29, 0.717) is 6.42 Å². The minimum Gasteiger partial charge on any atom is -0.352 e. The van der Waals surface area contributed by atoms with Crippen LogP contribution in [-0.2, 0) is 11.2 Å². The van der Waals surface area contributed by atoms with E-state index in [4.69, 9.17) is 11.6 Å². The number of nitrogens with zero attached hydrogens (tertiary/aromatic N) is 1. The number of nitro groups is 1. The molecular weight excluding hydrogens is 251 g/mol. The molecule has 0 aromatic heterocycles. The highest BCUT2D eigenvalue weighted by molar-refractivity contribution is 6.29. The highest BCUT2D eigenvalue weighted by Crippen LogP contribution is 2.11. The Morgan fingerprint density at radius 3 is 2.53 bits per heavy atom. The molecule has 0 saturated heterocycles. The van der Waals surface area contributed by atoms with E-state index in [2.05, 4.69) is 5.32 Å². The third kappa shape index (κ3) is 4.36. The molecule has 5 nitrogen and oxygen atoms in total. The zero-order valence-corrected chi connectivity index (χ0v) is 9.48. The molecule has 7 heteroatoms. The van der Waals surface area contributed by atoms with Crippen molar-refractivity contribution in [3.8, 4) is 0 Å². The molecule has 1 N–H and O–H groups in total. The van der Waals surface area contributed by atoms with E-state index < -0.39 is 16.5 Å². The molecule has 0 radical (unpaired) electrons. The van der Waals surface area contributed by atoms with E-state index in [9.17, 15) is 19.3 Å². The van der Waals surface area contributed by atoms with Gasteiger partial charge in [-0.25, -0.2) is 4.39 Å². The lowest BCUT2D eigenvalue weighted by Gasteiger charge is -2.04. The average molecular weight is 261 g/mol. The molecule has 17 heavy (non-hydrogen) atoms. The van der Waals surface area contributed by atoms with Crippen LogP contribution in [0.15, 0.2) is 24.3 Å². The fourth-order valence-corrected chi connectivity index (χ4v) is 1.27. The van der Waals surface area contributed by atoms with Crippen molar-refractivity contribution >= 4 is 23.2 Å². The third-order valence-corrected chi connectivity index (χ3v) is 2.26. The number of rotatable bonds is 5. The van der Waals surface area contributed by atoms with Crippen LogP contribution in [0.1, 0.15) is 5.56 Å². The number of hydrogen-bond acceptors (Lipinski definition) is 3. The van der Waals surface area contributed by atoms with Gasteiger partial charge in [0.1, 0.15) is 0 Å². The first kappa shape index (κ1) is 13.4. The zero-order chi connectivity index (χ0) is 12.8. The van der Waals surface area contributed by atoms with Gasteiger partial charge in [-0.3, -0.25) is 14.9 Å². The summed E-state index contributed by atoms with van der Waals surface area (Å²) in [7, 11) is 0. The maximum atomic E-state index is 12.2. The number of halogens is 2. The van der Waals surface area contributed by atoms with Gasteiger partial charge < -0.3 is 5.32 Å². The Bertz CT molecular complexity index is 409. The Morgan fingerprint density at radius 1 is 1.47 bits per heavy atom. The van der Waals surface area contributed by atoms with Crippen molar-refractivity contribution in [2.75, 3.05) is 6.54 Å². The maximum Gasteiger partial charge on any atom is 0.270 e. The second-order valence-electron chi connectivity index (χ2n) is 3.27. The summed E-state index contributed by atoms with van der Waals surface area (Å²) >= 11 is 4.91. The minimum absolute atomic E-state index is 0.00219. The minimum atomic E-state index is -2.05. The first-order valence-electron chi connectivity index (χ1n) is 4.80. The van der Waals surface area contributed by atoms with Gasteiger partial charge in [-0.2, -0.15) is 0 Å². The predicted octanol–water partition coefficient (Wildman–Crippen LogP) is 1.79. The number of carbonyl (C=O) groups is 1. The molecule has 0 aliphatic carbocycles. The lowest BCUT2D eigenvalue weighted by atomic mass is 10.1. The van der Waals surface area contributed by atoms with Crippen molar-refractivity contribution in [1.29, 1.82) is 0 Å². The second kappa shape index (κ2) is 6.15. The number of benzene rings is 1. The van der Waals surface area contributed by atoms with Crippen molar-refractivity contribution in [3.05, 3.63) is 39.9 Å². The molecule has 1 aromatic carbocycles. The summed E-state index contributed by atoms with van der Waals surface area (Å²) in [4.78, 5) is 20.7. The molecule has 92 valence electrons. The van der Waals surface area contributed by atoms with Crippen molar-refractivity contribution in [3.63, 3.8) is 0 Å². The lowest BCUT2D eigenvalue weighted by Crippen LogP contribution is -2.30. The molecule has 1 rings (SSSR count). The van der Waals surface area contributed by atoms with Gasteiger partial charge in [-0.05, 0) is 12.0 Å². The molecule has 0 saturated carbocycles. The molecule has 0 aliphatic rings. The highest BCUT2D eigenvalue weighted by Gasteiger charge is 2.11. The van der Waals surface area contributed by atoms with Gasteiger partial charge >= 0.3 is 0 Å². The van der Waals surface area contributed by atoms with E-state index in [1.54, 1.807) is 12.1 Å². The number of amides is 1. The predicted molar refractivity (Wildman–Crippen MR) is 60.6 cm³/mol. The summed E-state index contributed by atoms with van der Waals surface area (Å²) in [6, 6.07) is 5.91. The molecule has 0 aliphatic heterocycles. The third-order valence-electron chi connectivity index (χ3n) is 2.06. The molecule has 0 spiro atoms. The van der Waals surface area contributed by atoms with Crippen LogP contribution < -0.4 is 5.32 Å². The molecular formula is C10H10ClFN2O3. The summed E-state index contributed by atoms with van der Waals surface area (Å²) in [6.45, 7) is 0.226. The number of hydrogen-bond donors (Lipinski definition) is 1. The van der Waals surface area contributed by atoms with Gasteiger partial charge in [0.2, 0.25) is 0 Å². The van der Waals surface area contributed by atoms with E-state index in [1.165, 1.54) is 12.1 Å². The molecule has 0 heterocycles. The van der Waals surface area contributed by atoms with Gasteiger partial charge in [0.15, 0.2) is 0 Å². The zero-order valence-electron chi connectivity index (χ0n) is 8.73. The van der Waals surface area contributed by atoms with E-state index in [0.717, 1.165) is 5.56 Å². The van der Waals surface area contributed by atoms with Crippen molar-refractivity contribution in [2.45, 2.75) is 12.1 Å². The summed E-state index contributed by atoms with van der Waals surface area (Å²) in [5.41, 5.74) is -1.24. The maximum absolute atomic E-state index is 12.2. The molecule has 1 unspecified atom stereocenters. The highest BCUT2D eigenvalue weighted by atomic mass is 35.5. The Morgan fingerprint density at radius 2 is 2.06 bits per heavy atom. The van der Waals surface area contributed by atoms with E-state index in [1.807, 2.05) is 0 Å². The van der Waals surface area contributed by atoms with Crippen LogP contribution >= 0.6 is 11.6 Å². The topological polar surface area (TPSA) is 72.2 Å². The van der Waals surface area contributed by atoms with E-state index in [-0.39, 0.29) is 12.2 Å². The van der Waals surface area contributed by atoms with Gasteiger partial charge in [0, 0.05) is 18.7 Å². The largest absolute Gasteiger partial charge is 0.352 e. The van der Waals surface area contributed by atoms with Crippen LogP contribution in [0, 0.1) is 10.1 Å². The fourth-order valence-electron chi connectivity index (χ4n) is 1.19. The first-order valence-corrected chi connectivity index (χ1v) is 5.23. The van der Waals surface area contributed by atoms with Gasteiger partial charge in [0.25, 0.3) is 17.2 Å². The molecule has 0 fully saturated rings. The van der Waals surface area contributed by atoms with Crippen LogP contribution in [0.5, 0.6) is 0 Å². The Balaban J connectivity index is 2.42. The van der Waals surface area contributed by atoms with Crippen LogP contribution in [0.25, 0.3) is 0 Å². The average Bonchev–Trinajstić information content (AvgIpc) is 2.29. The molecule has 1 amide bonds. The first-order chi connectivity index (χ1) is 8.00. The quantitative estimate of drug-likeness (QED) is 0.498. The molecule has 0 bridgehead atoms. The second-order valence-corrected chi connectivity index (χ2v) is 3.65. The Labute approximate surface area is 102 Å². The fraction of sp³-hybridized carbons (Fsp3) is 0.300. The number of non-ortho nitro benzene ring substituents is 1. The van der Waals surface area contributed by atoms with Crippen LogP contribution in [-0.4, -0.2) is 23.0 Å². The monoisotopic (exact) mass is 260 g/mol. The summed E-state index contributed by atoms with van der Waals surface area (Å²) in [6.07, 6.45) is 0.452.